The number of morpholine rings is 1. The molecule has 1 aromatic heterocycles. The molecule has 0 bridgehead atoms. The van der Waals surface area contributed by atoms with E-state index in [1.165, 1.54) is 0 Å². The number of hydrogen-bond donors (Lipinski definition) is 0. The minimum Gasteiger partial charge on any atom is -0.492 e. The Morgan fingerprint density at radius 3 is 2.89 bits per heavy atom. The van der Waals surface area contributed by atoms with Crippen molar-refractivity contribution in [3.05, 3.63) is 24.0 Å². The highest BCUT2D eigenvalue weighted by molar-refractivity contribution is 5.29. The topological polar surface area (TPSA) is 34.6 Å². The van der Waals surface area contributed by atoms with Gasteiger partial charge in [-0.15, -0.1) is 0 Å². The van der Waals surface area contributed by atoms with E-state index in [9.17, 15) is 0 Å². The van der Waals surface area contributed by atoms with Crippen LogP contribution in [0.2, 0.25) is 0 Å². The van der Waals surface area contributed by atoms with E-state index in [-0.39, 0.29) is 0 Å². The number of nitrogens with zero attached hydrogens (tertiary/aromatic N) is 2. The Morgan fingerprint density at radius 2 is 2.16 bits per heavy atom. The first-order valence-electron chi connectivity index (χ1n) is 7.15. The minimum atomic E-state index is 0.399. The first kappa shape index (κ1) is 14.3. The van der Waals surface area contributed by atoms with Gasteiger partial charge in [0.15, 0.2) is 0 Å². The van der Waals surface area contributed by atoms with E-state index in [0.29, 0.717) is 5.92 Å². The monoisotopic (exact) mass is 264 g/mol. The van der Waals surface area contributed by atoms with Gasteiger partial charge in [-0.05, 0) is 24.5 Å². The van der Waals surface area contributed by atoms with Crippen molar-refractivity contribution in [3.63, 3.8) is 0 Å². The molecule has 0 N–H and O–H groups in total. The van der Waals surface area contributed by atoms with Crippen LogP contribution in [0.3, 0.4) is 0 Å². The Balaban J connectivity index is 1.73. The summed E-state index contributed by atoms with van der Waals surface area (Å²) in [5.74, 6) is 1.33. The lowest BCUT2D eigenvalue weighted by atomic mass is 10.1. The zero-order chi connectivity index (χ0) is 13.5. The van der Waals surface area contributed by atoms with Crippen LogP contribution in [-0.2, 0) is 4.74 Å². The fourth-order valence-corrected chi connectivity index (χ4v) is 2.25. The lowest BCUT2D eigenvalue weighted by Crippen LogP contribution is -2.37. The van der Waals surface area contributed by atoms with Gasteiger partial charge >= 0.3 is 0 Å². The molecule has 0 unspecified atom stereocenters. The highest BCUT2D eigenvalue weighted by Crippen LogP contribution is 2.23. The third-order valence-corrected chi connectivity index (χ3v) is 3.33. The summed E-state index contributed by atoms with van der Waals surface area (Å²) in [6.07, 6.45) is 2.88. The van der Waals surface area contributed by atoms with Gasteiger partial charge in [0, 0.05) is 25.8 Å². The zero-order valence-electron chi connectivity index (χ0n) is 12.0. The third kappa shape index (κ3) is 4.48. The molecule has 1 aromatic rings. The lowest BCUT2D eigenvalue weighted by Gasteiger charge is -2.26. The number of rotatable bonds is 6. The molecule has 0 saturated carbocycles. The van der Waals surface area contributed by atoms with Crippen LogP contribution in [0.5, 0.6) is 5.75 Å². The van der Waals surface area contributed by atoms with E-state index in [0.717, 1.165) is 57.3 Å². The zero-order valence-corrected chi connectivity index (χ0v) is 12.0. The molecule has 19 heavy (non-hydrogen) atoms. The Morgan fingerprint density at radius 1 is 1.37 bits per heavy atom. The Kier molecular flexibility index (Phi) is 5.61. The van der Waals surface area contributed by atoms with Crippen LogP contribution in [0.25, 0.3) is 0 Å². The minimum absolute atomic E-state index is 0.399. The second-order valence-electron chi connectivity index (χ2n) is 5.20. The summed E-state index contributed by atoms with van der Waals surface area (Å²) in [5.41, 5.74) is 1.05. The van der Waals surface area contributed by atoms with Gasteiger partial charge in [-0.3, -0.25) is 9.88 Å². The molecule has 2 rings (SSSR count). The highest BCUT2D eigenvalue weighted by Gasteiger charge is 2.11. The van der Waals surface area contributed by atoms with Gasteiger partial charge in [-0.2, -0.15) is 0 Å². The van der Waals surface area contributed by atoms with Gasteiger partial charge in [0.2, 0.25) is 0 Å². The van der Waals surface area contributed by atoms with Gasteiger partial charge in [0.05, 0.1) is 25.5 Å². The van der Waals surface area contributed by atoms with Gasteiger partial charge in [-0.25, -0.2) is 0 Å². The van der Waals surface area contributed by atoms with Crippen molar-refractivity contribution >= 4 is 0 Å². The van der Waals surface area contributed by atoms with Crippen LogP contribution < -0.4 is 4.74 Å². The van der Waals surface area contributed by atoms with Gasteiger partial charge in [0.1, 0.15) is 5.75 Å². The van der Waals surface area contributed by atoms with Crippen molar-refractivity contribution in [2.45, 2.75) is 26.2 Å². The molecule has 0 amide bonds. The summed E-state index contributed by atoms with van der Waals surface area (Å²) in [5, 5.41) is 0. The highest BCUT2D eigenvalue weighted by atomic mass is 16.5. The SMILES string of the molecule is CC(C)c1ncccc1OCCCN1CCOCC1. The molecule has 0 radical (unpaired) electrons. The van der Waals surface area contributed by atoms with Crippen molar-refractivity contribution in [3.8, 4) is 5.75 Å². The maximum atomic E-state index is 5.87. The molecule has 4 heteroatoms. The fourth-order valence-electron chi connectivity index (χ4n) is 2.25. The molecule has 1 saturated heterocycles. The predicted octanol–water partition coefficient (Wildman–Crippen LogP) is 2.31. The van der Waals surface area contributed by atoms with Gasteiger partial charge in [-0.1, -0.05) is 13.8 Å². The van der Waals surface area contributed by atoms with E-state index in [4.69, 9.17) is 9.47 Å². The summed E-state index contributed by atoms with van der Waals surface area (Å²) in [6.45, 7) is 9.94. The molecule has 0 spiro atoms. The van der Waals surface area contributed by atoms with Crippen molar-refractivity contribution in [2.75, 3.05) is 39.5 Å². The molecule has 0 aliphatic carbocycles. The van der Waals surface area contributed by atoms with Crippen molar-refractivity contribution < 1.29 is 9.47 Å². The second-order valence-corrected chi connectivity index (χ2v) is 5.20. The van der Waals surface area contributed by atoms with E-state index >= 15 is 0 Å². The number of aromatic nitrogens is 1. The molecule has 2 heterocycles. The summed E-state index contributed by atoms with van der Waals surface area (Å²) in [4.78, 5) is 6.82. The van der Waals surface area contributed by atoms with Crippen molar-refractivity contribution in [2.24, 2.45) is 0 Å². The van der Waals surface area contributed by atoms with Crippen LogP contribution in [0.1, 0.15) is 31.9 Å². The summed E-state index contributed by atoms with van der Waals surface area (Å²) < 4.78 is 11.2. The van der Waals surface area contributed by atoms with E-state index in [1.807, 2.05) is 18.3 Å². The van der Waals surface area contributed by atoms with E-state index < -0.39 is 0 Å². The lowest BCUT2D eigenvalue weighted by molar-refractivity contribution is 0.0357. The van der Waals surface area contributed by atoms with Crippen molar-refractivity contribution in [1.82, 2.24) is 9.88 Å². The number of ether oxygens (including phenoxy) is 2. The summed E-state index contributed by atoms with van der Waals surface area (Å²) in [7, 11) is 0. The molecule has 4 nitrogen and oxygen atoms in total. The van der Waals surface area contributed by atoms with E-state index in [1.54, 1.807) is 0 Å². The standard InChI is InChI=1S/C15H24N2O2/c1-13(2)15-14(5-3-6-16-15)19-10-4-7-17-8-11-18-12-9-17/h3,5-6,13H,4,7-12H2,1-2H3. The van der Waals surface area contributed by atoms with Crippen molar-refractivity contribution in [1.29, 1.82) is 0 Å². The third-order valence-electron chi connectivity index (χ3n) is 3.33. The molecular formula is C15H24N2O2. The van der Waals surface area contributed by atoms with Crippen LogP contribution in [-0.4, -0.2) is 49.3 Å². The summed E-state index contributed by atoms with van der Waals surface area (Å²) in [6, 6.07) is 3.94. The van der Waals surface area contributed by atoms with Crippen LogP contribution in [0.4, 0.5) is 0 Å². The van der Waals surface area contributed by atoms with Crippen LogP contribution >= 0.6 is 0 Å². The first-order valence-corrected chi connectivity index (χ1v) is 7.15. The number of pyridine rings is 1. The maximum absolute atomic E-state index is 5.87. The Bertz CT molecular complexity index is 376. The van der Waals surface area contributed by atoms with Crippen LogP contribution in [0, 0.1) is 0 Å². The number of hydrogen-bond acceptors (Lipinski definition) is 4. The Hall–Kier alpha value is -1.13. The van der Waals surface area contributed by atoms with Gasteiger partial charge in [0.25, 0.3) is 0 Å². The molecule has 106 valence electrons. The summed E-state index contributed by atoms with van der Waals surface area (Å²) >= 11 is 0. The average Bonchev–Trinajstić information content (AvgIpc) is 2.45. The first-order chi connectivity index (χ1) is 9.27. The van der Waals surface area contributed by atoms with Crippen LogP contribution in [0.15, 0.2) is 18.3 Å². The molecule has 0 atom stereocenters. The predicted molar refractivity (Wildman–Crippen MR) is 75.7 cm³/mol. The smallest absolute Gasteiger partial charge is 0.141 e. The quantitative estimate of drug-likeness (QED) is 0.738. The molecule has 1 fully saturated rings. The van der Waals surface area contributed by atoms with Gasteiger partial charge < -0.3 is 9.47 Å². The molecular weight excluding hydrogens is 240 g/mol. The molecule has 1 aliphatic heterocycles. The largest absolute Gasteiger partial charge is 0.492 e. The fraction of sp³-hybridized carbons (Fsp3) is 0.667. The Labute approximate surface area is 115 Å². The normalized spacial score (nSPS) is 16.8. The van der Waals surface area contributed by atoms with E-state index in [2.05, 4.69) is 23.7 Å². The molecule has 0 aromatic carbocycles. The average molecular weight is 264 g/mol. The molecule has 1 aliphatic rings. The maximum Gasteiger partial charge on any atom is 0.141 e. The second kappa shape index (κ2) is 7.46.